The molecule has 0 bridgehead atoms. The van der Waals surface area contributed by atoms with E-state index in [0.717, 1.165) is 12.0 Å². The molecule has 126 valence electrons. The molecule has 1 atom stereocenters. The summed E-state index contributed by atoms with van der Waals surface area (Å²) < 4.78 is 5.19. The molecule has 1 unspecified atom stereocenters. The predicted octanol–water partition coefficient (Wildman–Crippen LogP) is 4.54. The zero-order chi connectivity index (χ0) is 17.4. The van der Waals surface area contributed by atoms with Crippen molar-refractivity contribution >= 4 is 34.9 Å². The molecule has 1 aliphatic carbocycles. The van der Waals surface area contributed by atoms with Crippen LogP contribution in [0.15, 0.2) is 48.7 Å². The molecule has 0 saturated heterocycles. The lowest BCUT2D eigenvalue weighted by Crippen LogP contribution is -2.42. The van der Waals surface area contributed by atoms with Crippen LogP contribution in [0.3, 0.4) is 0 Å². The number of anilines is 1. The highest BCUT2D eigenvalue weighted by atomic mass is 35.5. The quantitative estimate of drug-likeness (QED) is 0.792. The third kappa shape index (κ3) is 3.82. The molecule has 1 saturated carbocycles. The second kappa shape index (κ2) is 6.26. The highest BCUT2D eigenvalue weighted by Crippen LogP contribution is 2.59. The molecular weight excluding hydrogens is 347 g/mol. The molecule has 1 amide bonds. The third-order valence-corrected chi connectivity index (χ3v) is 4.77. The van der Waals surface area contributed by atoms with Gasteiger partial charge in [0, 0.05) is 12.1 Å². The minimum Gasteiger partial charge on any atom is -0.478 e. The molecule has 1 aromatic carbocycles. The molecule has 1 aliphatic rings. The number of hydrogen-bond acceptors (Lipinski definition) is 3. The van der Waals surface area contributed by atoms with E-state index in [1.54, 1.807) is 38.2 Å². The fraction of sp³-hybridized carbons (Fsp3) is 0.333. The SMILES string of the molecule is CC(C)(Oc1ccc(C2CC2(Cl)Cl)cc1)C(=O)Nc1ccccn1. The Morgan fingerprint density at radius 2 is 1.92 bits per heavy atom. The van der Waals surface area contributed by atoms with Crippen molar-refractivity contribution in [1.82, 2.24) is 4.98 Å². The Balaban J connectivity index is 1.64. The Bertz CT molecular complexity index is 730. The number of hydrogen-bond donors (Lipinski definition) is 1. The first kappa shape index (κ1) is 17.1. The largest absolute Gasteiger partial charge is 0.478 e. The maximum atomic E-state index is 12.4. The van der Waals surface area contributed by atoms with Crippen LogP contribution in [0.4, 0.5) is 5.82 Å². The number of nitrogens with one attached hydrogen (secondary N) is 1. The Morgan fingerprint density at radius 1 is 1.25 bits per heavy atom. The molecule has 1 heterocycles. The third-order valence-electron chi connectivity index (χ3n) is 3.93. The van der Waals surface area contributed by atoms with Gasteiger partial charge in [0.1, 0.15) is 15.9 Å². The van der Waals surface area contributed by atoms with Crippen LogP contribution < -0.4 is 10.1 Å². The minimum absolute atomic E-state index is 0.162. The smallest absolute Gasteiger partial charge is 0.269 e. The number of nitrogens with zero attached hydrogens (tertiary/aromatic N) is 1. The summed E-state index contributed by atoms with van der Waals surface area (Å²) >= 11 is 12.2. The molecule has 0 radical (unpaired) electrons. The van der Waals surface area contributed by atoms with Crippen LogP contribution in [0, 0.1) is 0 Å². The molecule has 6 heteroatoms. The van der Waals surface area contributed by atoms with Crippen molar-refractivity contribution < 1.29 is 9.53 Å². The minimum atomic E-state index is -1.04. The number of ether oxygens (including phenoxy) is 1. The lowest BCUT2D eigenvalue weighted by Gasteiger charge is -2.25. The maximum Gasteiger partial charge on any atom is 0.269 e. The second-order valence-corrected chi connectivity index (χ2v) is 7.91. The summed E-state index contributed by atoms with van der Waals surface area (Å²) in [6, 6.07) is 12.8. The summed E-state index contributed by atoms with van der Waals surface area (Å²) in [4.78, 5) is 16.5. The molecule has 1 fully saturated rings. The summed E-state index contributed by atoms with van der Waals surface area (Å²) in [6.07, 6.45) is 2.38. The van der Waals surface area contributed by atoms with Crippen LogP contribution in [0.5, 0.6) is 5.75 Å². The molecule has 24 heavy (non-hydrogen) atoms. The van der Waals surface area contributed by atoms with E-state index in [1.807, 2.05) is 24.3 Å². The molecule has 4 nitrogen and oxygen atoms in total. The number of amides is 1. The first-order valence-corrected chi connectivity index (χ1v) is 8.43. The van der Waals surface area contributed by atoms with Crippen molar-refractivity contribution in [3.05, 3.63) is 54.2 Å². The lowest BCUT2D eigenvalue weighted by molar-refractivity contribution is -0.128. The van der Waals surface area contributed by atoms with E-state index in [-0.39, 0.29) is 11.8 Å². The molecule has 2 aromatic rings. The zero-order valence-corrected chi connectivity index (χ0v) is 14.9. The highest BCUT2D eigenvalue weighted by Gasteiger charge is 2.52. The van der Waals surface area contributed by atoms with Crippen LogP contribution in [0.1, 0.15) is 31.7 Å². The van der Waals surface area contributed by atoms with Gasteiger partial charge in [-0.1, -0.05) is 18.2 Å². The number of pyridine rings is 1. The van der Waals surface area contributed by atoms with Crippen molar-refractivity contribution in [2.45, 2.75) is 36.1 Å². The summed E-state index contributed by atoms with van der Waals surface area (Å²) in [7, 11) is 0. The molecular formula is C18H18Cl2N2O2. The topological polar surface area (TPSA) is 51.2 Å². The number of rotatable bonds is 5. The Morgan fingerprint density at radius 3 is 2.46 bits per heavy atom. The number of halogens is 2. The van der Waals surface area contributed by atoms with E-state index in [4.69, 9.17) is 27.9 Å². The normalized spacial score (nSPS) is 18.8. The monoisotopic (exact) mass is 364 g/mol. The van der Waals surface area contributed by atoms with E-state index in [0.29, 0.717) is 11.6 Å². The summed E-state index contributed by atoms with van der Waals surface area (Å²) in [5, 5.41) is 2.74. The highest BCUT2D eigenvalue weighted by molar-refractivity contribution is 6.51. The Labute approximate surface area is 151 Å². The Hall–Kier alpha value is -1.78. The molecule has 1 aromatic heterocycles. The van der Waals surface area contributed by atoms with Gasteiger partial charge >= 0.3 is 0 Å². The van der Waals surface area contributed by atoms with Crippen molar-refractivity contribution in [2.24, 2.45) is 0 Å². The summed E-state index contributed by atoms with van der Waals surface area (Å²) in [5.41, 5.74) is 0.0320. The first-order valence-electron chi connectivity index (χ1n) is 7.67. The van der Waals surface area contributed by atoms with Gasteiger partial charge < -0.3 is 10.1 Å². The standard InChI is InChI=1S/C18H18Cl2N2O2/c1-17(2,16(23)22-15-5-3-4-10-21-15)24-13-8-6-12(7-9-13)14-11-18(14,19)20/h3-10,14H,11H2,1-2H3,(H,21,22,23). The van der Waals surface area contributed by atoms with Crippen LogP contribution in [-0.4, -0.2) is 20.8 Å². The second-order valence-electron chi connectivity index (χ2n) is 6.37. The van der Waals surface area contributed by atoms with Gasteiger partial charge in [-0.05, 0) is 50.1 Å². The van der Waals surface area contributed by atoms with Gasteiger partial charge in [-0.15, -0.1) is 23.2 Å². The van der Waals surface area contributed by atoms with Crippen LogP contribution in [0.25, 0.3) is 0 Å². The van der Waals surface area contributed by atoms with Crippen LogP contribution in [-0.2, 0) is 4.79 Å². The average molecular weight is 365 g/mol. The Kier molecular flexibility index (Phi) is 4.45. The van der Waals surface area contributed by atoms with Gasteiger partial charge in [0.25, 0.3) is 5.91 Å². The van der Waals surface area contributed by atoms with Crippen LogP contribution in [0.2, 0.25) is 0 Å². The van der Waals surface area contributed by atoms with Crippen molar-refractivity contribution in [2.75, 3.05) is 5.32 Å². The van der Waals surface area contributed by atoms with E-state index < -0.39 is 9.93 Å². The maximum absolute atomic E-state index is 12.4. The van der Waals surface area contributed by atoms with Crippen molar-refractivity contribution in [3.63, 3.8) is 0 Å². The number of aromatic nitrogens is 1. The number of benzene rings is 1. The molecule has 0 spiro atoms. The predicted molar refractivity (Wildman–Crippen MR) is 95.8 cm³/mol. The van der Waals surface area contributed by atoms with E-state index >= 15 is 0 Å². The van der Waals surface area contributed by atoms with Crippen LogP contribution >= 0.6 is 23.2 Å². The first-order chi connectivity index (χ1) is 11.3. The van der Waals surface area contributed by atoms with E-state index in [2.05, 4.69) is 10.3 Å². The number of alkyl halides is 2. The van der Waals surface area contributed by atoms with Gasteiger partial charge in [-0.2, -0.15) is 0 Å². The number of carbonyl (C=O) groups excluding carboxylic acids is 1. The van der Waals surface area contributed by atoms with E-state index in [9.17, 15) is 4.79 Å². The summed E-state index contributed by atoms with van der Waals surface area (Å²) in [6.45, 7) is 3.42. The summed E-state index contributed by atoms with van der Waals surface area (Å²) in [5.74, 6) is 0.988. The number of carbonyl (C=O) groups is 1. The van der Waals surface area contributed by atoms with Gasteiger partial charge in [0.05, 0.1) is 0 Å². The fourth-order valence-electron chi connectivity index (χ4n) is 2.39. The van der Waals surface area contributed by atoms with Gasteiger partial charge in [-0.25, -0.2) is 4.98 Å². The molecule has 0 aliphatic heterocycles. The van der Waals surface area contributed by atoms with Crippen molar-refractivity contribution in [1.29, 1.82) is 0 Å². The fourth-order valence-corrected chi connectivity index (χ4v) is 2.95. The zero-order valence-electron chi connectivity index (χ0n) is 13.4. The van der Waals surface area contributed by atoms with Gasteiger partial charge in [0.15, 0.2) is 5.60 Å². The van der Waals surface area contributed by atoms with Gasteiger partial charge in [-0.3, -0.25) is 4.79 Å². The molecule has 1 N–H and O–H groups in total. The van der Waals surface area contributed by atoms with Gasteiger partial charge in [0.2, 0.25) is 0 Å². The lowest BCUT2D eigenvalue weighted by atomic mass is 10.1. The van der Waals surface area contributed by atoms with Crippen molar-refractivity contribution in [3.8, 4) is 5.75 Å². The average Bonchev–Trinajstić information content (AvgIpc) is 3.17. The molecule has 3 rings (SSSR count). The van der Waals surface area contributed by atoms with E-state index in [1.165, 1.54) is 0 Å².